The van der Waals surface area contributed by atoms with Crippen molar-refractivity contribution in [3.05, 3.63) is 48.2 Å². The van der Waals surface area contributed by atoms with E-state index in [4.69, 9.17) is 0 Å². The normalized spacial score (nSPS) is 15.3. The molecule has 0 aromatic heterocycles. The molecular weight excluding hydrogens is 224 g/mol. The third-order valence-corrected chi connectivity index (χ3v) is 3.29. The van der Waals surface area contributed by atoms with Gasteiger partial charge in [0.2, 0.25) is 0 Å². The molecule has 0 bridgehead atoms. The Hall–Kier alpha value is -2.25. The molecular formula is C15H14N2O. The summed E-state index contributed by atoms with van der Waals surface area (Å²) in [6.45, 7) is 2.31. The van der Waals surface area contributed by atoms with E-state index in [0.717, 1.165) is 18.8 Å². The van der Waals surface area contributed by atoms with Gasteiger partial charge in [-0.1, -0.05) is 30.3 Å². The number of fused-ring (bicyclic) bond motifs is 1. The van der Waals surface area contributed by atoms with E-state index >= 15 is 0 Å². The molecule has 0 saturated carbocycles. The van der Waals surface area contributed by atoms with Crippen molar-refractivity contribution in [2.24, 2.45) is 0 Å². The predicted octanol–water partition coefficient (Wildman–Crippen LogP) is 1.96. The first-order chi connectivity index (χ1) is 8.86. The number of nitrogens with zero attached hydrogens (tertiary/aromatic N) is 1. The van der Waals surface area contributed by atoms with Gasteiger partial charge >= 0.3 is 0 Å². The van der Waals surface area contributed by atoms with Gasteiger partial charge in [0, 0.05) is 18.8 Å². The van der Waals surface area contributed by atoms with E-state index in [1.807, 2.05) is 18.1 Å². The maximum absolute atomic E-state index is 10.7. The summed E-state index contributed by atoms with van der Waals surface area (Å²) in [5.41, 5.74) is 1.79. The molecule has 0 unspecified atom stereocenters. The van der Waals surface area contributed by atoms with E-state index in [1.165, 1.54) is 10.8 Å². The van der Waals surface area contributed by atoms with Crippen LogP contribution in [0, 0.1) is 0 Å². The molecule has 1 aliphatic heterocycles. The molecule has 3 nitrogen and oxygen atoms in total. The zero-order chi connectivity index (χ0) is 12.4. The van der Waals surface area contributed by atoms with Crippen molar-refractivity contribution in [1.29, 1.82) is 0 Å². The Kier molecular flexibility index (Phi) is 2.75. The van der Waals surface area contributed by atoms with Gasteiger partial charge in [-0.2, -0.15) is 0 Å². The Morgan fingerprint density at radius 1 is 1.11 bits per heavy atom. The largest absolute Gasteiger partial charge is 0.376 e. The van der Waals surface area contributed by atoms with E-state index in [1.54, 1.807) is 0 Å². The first-order valence-corrected chi connectivity index (χ1v) is 6.08. The van der Waals surface area contributed by atoms with Gasteiger partial charge in [-0.05, 0) is 22.9 Å². The average Bonchev–Trinajstić information content (AvgIpc) is 2.47. The second-order valence-corrected chi connectivity index (χ2v) is 4.46. The van der Waals surface area contributed by atoms with Crippen molar-refractivity contribution in [2.75, 3.05) is 24.5 Å². The molecule has 0 radical (unpaired) electrons. The lowest BCUT2D eigenvalue weighted by Gasteiger charge is -2.30. The fourth-order valence-electron chi connectivity index (χ4n) is 2.33. The molecule has 1 N–H and O–H groups in total. The number of rotatable bonds is 1. The topological polar surface area (TPSA) is 32.3 Å². The lowest BCUT2D eigenvalue weighted by molar-refractivity contribution is 0.559. The highest BCUT2D eigenvalue weighted by molar-refractivity contribution is 5.86. The van der Waals surface area contributed by atoms with E-state index in [0.29, 0.717) is 12.2 Å². The summed E-state index contributed by atoms with van der Waals surface area (Å²) >= 11 is 0. The van der Waals surface area contributed by atoms with Crippen LogP contribution in [0.3, 0.4) is 0 Å². The third-order valence-electron chi connectivity index (χ3n) is 3.29. The number of anilines is 1. The van der Waals surface area contributed by atoms with Crippen LogP contribution in [-0.2, 0) is 4.79 Å². The summed E-state index contributed by atoms with van der Waals surface area (Å²) in [4.78, 5) is 12.9. The molecule has 1 fully saturated rings. The van der Waals surface area contributed by atoms with Gasteiger partial charge in [-0.15, -0.1) is 0 Å². The number of hydrogen-bond donors (Lipinski definition) is 1. The van der Waals surface area contributed by atoms with E-state index in [-0.39, 0.29) is 0 Å². The zero-order valence-corrected chi connectivity index (χ0v) is 10.0. The molecule has 0 atom stereocenters. The molecule has 1 saturated heterocycles. The average molecular weight is 238 g/mol. The summed E-state index contributed by atoms with van der Waals surface area (Å²) in [7, 11) is 0. The van der Waals surface area contributed by atoms with Gasteiger partial charge in [0.1, 0.15) is 11.6 Å². The van der Waals surface area contributed by atoms with Gasteiger partial charge in [0.05, 0.1) is 6.54 Å². The standard InChI is InChI=1S/C15H14N2O/c18-11-14-10-17(8-7-16-14)15-6-5-12-3-1-2-4-13(12)9-15/h1-6,9,16H,7-8,10H2. The SMILES string of the molecule is O=C=C1CN(c2ccc3ccccc3c2)CCN1. The highest BCUT2D eigenvalue weighted by Gasteiger charge is 2.14. The van der Waals surface area contributed by atoms with Crippen LogP contribution in [-0.4, -0.2) is 25.6 Å². The van der Waals surface area contributed by atoms with Crippen molar-refractivity contribution >= 4 is 22.4 Å². The van der Waals surface area contributed by atoms with Gasteiger partial charge in [-0.25, -0.2) is 4.79 Å². The summed E-state index contributed by atoms with van der Waals surface area (Å²) in [6.07, 6.45) is 0. The van der Waals surface area contributed by atoms with Crippen molar-refractivity contribution in [1.82, 2.24) is 5.32 Å². The Balaban J connectivity index is 1.96. The Labute approximate surface area is 106 Å². The van der Waals surface area contributed by atoms with Gasteiger partial charge < -0.3 is 10.2 Å². The Bertz CT molecular complexity index is 629. The Morgan fingerprint density at radius 2 is 1.94 bits per heavy atom. The number of nitrogens with one attached hydrogen (secondary N) is 1. The second kappa shape index (κ2) is 4.55. The van der Waals surface area contributed by atoms with Crippen LogP contribution in [0.4, 0.5) is 5.69 Å². The molecule has 1 heterocycles. The molecule has 1 aliphatic rings. The van der Waals surface area contributed by atoms with Gasteiger partial charge in [0.25, 0.3) is 0 Å². The highest BCUT2D eigenvalue weighted by Crippen LogP contribution is 2.23. The van der Waals surface area contributed by atoms with Crippen molar-refractivity contribution in [3.8, 4) is 0 Å². The molecule has 0 aliphatic carbocycles. The summed E-state index contributed by atoms with van der Waals surface area (Å²) < 4.78 is 0. The molecule has 3 heteroatoms. The third kappa shape index (κ3) is 1.96. The zero-order valence-electron chi connectivity index (χ0n) is 10.0. The maximum Gasteiger partial charge on any atom is 0.147 e. The molecule has 0 spiro atoms. The smallest absolute Gasteiger partial charge is 0.147 e. The molecule has 18 heavy (non-hydrogen) atoms. The van der Waals surface area contributed by atoms with Gasteiger partial charge in [-0.3, -0.25) is 0 Å². The van der Waals surface area contributed by atoms with Crippen LogP contribution >= 0.6 is 0 Å². The van der Waals surface area contributed by atoms with Crippen LogP contribution < -0.4 is 10.2 Å². The number of piperazine rings is 1. The van der Waals surface area contributed by atoms with E-state index in [2.05, 4.69) is 40.5 Å². The first kappa shape index (κ1) is 10.9. The minimum absolute atomic E-state index is 0.613. The molecule has 90 valence electrons. The fourth-order valence-corrected chi connectivity index (χ4v) is 2.33. The van der Waals surface area contributed by atoms with E-state index in [9.17, 15) is 4.79 Å². The molecule has 3 rings (SSSR count). The van der Waals surface area contributed by atoms with Crippen molar-refractivity contribution < 1.29 is 4.79 Å². The lowest BCUT2D eigenvalue weighted by Crippen LogP contribution is -2.42. The minimum Gasteiger partial charge on any atom is -0.376 e. The quantitative estimate of drug-likeness (QED) is 0.771. The van der Waals surface area contributed by atoms with Crippen LogP contribution in [0.5, 0.6) is 0 Å². The Morgan fingerprint density at radius 3 is 2.78 bits per heavy atom. The van der Waals surface area contributed by atoms with E-state index < -0.39 is 0 Å². The molecule has 2 aromatic carbocycles. The van der Waals surface area contributed by atoms with Crippen LogP contribution in [0.2, 0.25) is 0 Å². The van der Waals surface area contributed by atoms with Crippen LogP contribution in [0.1, 0.15) is 0 Å². The number of hydrogen-bond acceptors (Lipinski definition) is 3. The van der Waals surface area contributed by atoms with Crippen molar-refractivity contribution in [3.63, 3.8) is 0 Å². The summed E-state index contributed by atoms with van der Waals surface area (Å²) in [5, 5.41) is 5.52. The first-order valence-electron chi connectivity index (χ1n) is 6.08. The fraction of sp³-hybridized carbons (Fsp3) is 0.200. The molecule has 2 aromatic rings. The van der Waals surface area contributed by atoms with Crippen LogP contribution in [0.25, 0.3) is 10.8 Å². The monoisotopic (exact) mass is 238 g/mol. The number of benzene rings is 2. The van der Waals surface area contributed by atoms with Gasteiger partial charge in [0.15, 0.2) is 0 Å². The summed E-state index contributed by atoms with van der Waals surface area (Å²) in [6, 6.07) is 14.7. The number of carbonyl (C=O) groups excluding carboxylic acids is 1. The molecule has 0 amide bonds. The minimum atomic E-state index is 0.613. The van der Waals surface area contributed by atoms with Crippen molar-refractivity contribution in [2.45, 2.75) is 0 Å². The summed E-state index contributed by atoms with van der Waals surface area (Å²) in [5.74, 6) is 1.95. The lowest BCUT2D eigenvalue weighted by atomic mass is 10.1. The second-order valence-electron chi connectivity index (χ2n) is 4.46. The highest BCUT2D eigenvalue weighted by atomic mass is 16.1. The predicted molar refractivity (Wildman–Crippen MR) is 73.4 cm³/mol. The maximum atomic E-state index is 10.7. The van der Waals surface area contributed by atoms with Crippen LogP contribution in [0.15, 0.2) is 48.2 Å².